The third-order valence-corrected chi connectivity index (χ3v) is 3.00. The molecule has 4 heteroatoms. The number of rotatable bonds is 3. The highest BCUT2D eigenvalue weighted by Crippen LogP contribution is 2.23. The number of hydrogen-bond acceptors (Lipinski definition) is 3. The number of likely N-dealkylation sites (tertiary alicyclic amines) is 1. The van der Waals surface area contributed by atoms with Crippen LogP contribution in [0.4, 0.5) is 4.79 Å². The van der Waals surface area contributed by atoms with Crippen molar-refractivity contribution in [2.24, 2.45) is 5.92 Å². The largest absolute Gasteiger partial charge is 0.444 e. The Balaban J connectivity index is 2.42. The van der Waals surface area contributed by atoms with E-state index in [1.54, 1.807) is 4.90 Å². The average Bonchev–Trinajstić information content (AvgIpc) is 2.63. The molecule has 0 radical (unpaired) electrons. The molecule has 1 amide bonds. The first-order chi connectivity index (χ1) is 7.83. The van der Waals surface area contributed by atoms with E-state index in [2.05, 4.69) is 6.92 Å². The summed E-state index contributed by atoms with van der Waals surface area (Å²) in [6.45, 7) is 8.97. The van der Waals surface area contributed by atoms with Gasteiger partial charge in [0.2, 0.25) is 0 Å². The molecule has 1 aliphatic heterocycles. The van der Waals surface area contributed by atoms with E-state index in [-0.39, 0.29) is 18.1 Å². The molecule has 0 spiro atoms. The summed E-state index contributed by atoms with van der Waals surface area (Å²) in [5, 5.41) is 9.90. The zero-order valence-corrected chi connectivity index (χ0v) is 11.4. The Hall–Kier alpha value is -0.770. The normalized spacial score (nSPS) is 22.6. The SMILES string of the molecule is CCCC(O)C1CCN(C(=O)OC(C)(C)C)C1. The molecular formula is C13H25NO3. The summed E-state index contributed by atoms with van der Waals surface area (Å²) < 4.78 is 5.32. The third-order valence-electron chi connectivity index (χ3n) is 3.00. The summed E-state index contributed by atoms with van der Waals surface area (Å²) in [7, 11) is 0. The first-order valence-corrected chi connectivity index (χ1v) is 6.49. The van der Waals surface area contributed by atoms with Crippen molar-refractivity contribution in [2.45, 2.75) is 58.7 Å². The number of ether oxygens (including phenoxy) is 1. The predicted octanol–water partition coefficient (Wildman–Crippen LogP) is 2.40. The number of hydrogen-bond donors (Lipinski definition) is 1. The van der Waals surface area contributed by atoms with Crippen LogP contribution in [0.3, 0.4) is 0 Å². The average molecular weight is 243 g/mol. The number of aliphatic hydroxyl groups is 1. The quantitative estimate of drug-likeness (QED) is 0.828. The van der Waals surface area contributed by atoms with E-state index in [0.717, 1.165) is 19.3 Å². The van der Waals surface area contributed by atoms with Gasteiger partial charge in [-0.05, 0) is 33.6 Å². The molecule has 2 atom stereocenters. The van der Waals surface area contributed by atoms with Crippen LogP contribution in [0.2, 0.25) is 0 Å². The van der Waals surface area contributed by atoms with Crippen LogP contribution in [0.1, 0.15) is 47.0 Å². The van der Waals surface area contributed by atoms with Gasteiger partial charge in [0.15, 0.2) is 0 Å². The molecule has 0 aromatic carbocycles. The van der Waals surface area contributed by atoms with Crippen molar-refractivity contribution in [2.75, 3.05) is 13.1 Å². The summed E-state index contributed by atoms with van der Waals surface area (Å²) in [4.78, 5) is 13.5. The van der Waals surface area contributed by atoms with E-state index in [0.29, 0.717) is 13.1 Å². The van der Waals surface area contributed by atoms with E-state index in [9.17, 15) is 9.90 Å². The molecule has 2 unspecified atom stereocenters. The molecule has 0 saturated carbocycles. The van der Waals surface area contributed by atoms with E-state index in [4.69, 9.17) is 4.74 Å². The van der Waals surface area contributed by atoms with Crippen LogP contribution in [-0.2, 0) is 4.74 Å². The molecule has 1 rings (SSSR count). The Kier molecular flexibility index (Phi) is 4.80. The number of nitrogens with zero attached hydrogens (tertiary/aromatic N) is 1. The number of carbonyl (C=O) groups excluding carboxylic acids is 1. The van der Waals surface area contributed by atoms with Gasteiger partial charge < -0.3 is 14.7 Å². The first-order valence-electron chi connectivity index (χ1n) is 6.49. The maximum atomic E-state index is 11.8. The monoisotopic (exact) mass is 243 g/mol. The second kappa shape index (κ2) is 5.71. The molecule has 0 aliphatic carbocycles. The minimum Gasteiger partial charge on any atom is -0.444 e. The fraction of sp³-hybridized carbons (Fsp3) is 0.923. The molecule has 17 heavy (non-hydrogen) atoms. The smallest absolute Gasteiger partial charge is 0.410 e. The first kappa shape index (κ1) is 14.3. The highest BCUT2D eigenvalue weighted by atomic mass is 16.6. The molecule has 1 N–H and O–H groups in total. The summed E-state index contributed by atoms with van der Waals surface area (Å²) in [5.74, 6) is 0.211. The van der Waals surface area contributed by atoms with Gasteiger partial charge in [-0.25, -0.2) is 4.79 Å². The lowest BCUT2D eigenvalue weighted by Crippen LogP contribution is -2.36. The third kappa shape index (κ3) is 4.54. The number of amides is 1. The van der Waals surface area contributed by atoms with Gasteiger partial charge in [0.1, 0.15) is 5.60 Å². The van der Waals surface area contributed by atoms with Gasteiger partial charge in [-0.2, -0.15) is 0 Å². The molecule has 4 nitrogen and oxygen atoms in total. The number of carbonyl (C=O) groups is 1. The summed E-state index contributed by atoms with van der Waals surface area (Å²) in [6.07, 6.45) is 2.12. The summed E-state index contributed by atoms with van der Waals surface area (Å²) in [6, 6.07) is 0. The second-order valence-corrected chi connectivity index (χ2v) is 5.83. The Bertz CT molecular complexity index is 260. The van der Waals surface area contributed by atoms with Crippen molar-refractivity contribution < 1.29 is 14.6 Å². The number of aliphatic hydroxyl groups excluding tert-OH is 1. The molecule has 100 valence electrons. The van der Waals surface area contributed by atoms with Gasteiger partial charge in [-0.15, -0.1) is 0 Å². The van der Waals surface area contributed by atoms with Gasteiger partial charge in [0.25, 0.3) is 0 Å². The Morgan fingerprint density at radius 3 is 2.71 bits per heavy atom. The van der Waals surface area contributed by atoms with E-state index in [1.165, 1.54) is 0 Å². The van der Waals surface area contributed by atoms with E-state index < -0.39 is 5.60 Å². The molecule has 0 aromatic rings. The minimum absolute atomic E-state index is 0.211. The van der Waals surface area contributed by atoms with Crippen LogP contribution in [0, 0.1) is 5.92 Å². The van der Waals surface area contributed by atoms with Gasteiger partial charge in [0.05, 0.1) is 6.10 Å². The molecule has 0 bridgehead atoms. The minimum atomic E-state index is -0.447. The lowest BCUT2D eigenvalue weighted by molar-refractivity contribution is 0.0266. The Morgan fingerprint density at radius 1 is 1.53 bits per heavy atom. The topological polar surface area (TPSA) is 49.8 Å². The van der Waals surface area contributed by atoms with Gasteiger partial charge in [0, 0.05) is 19.0 Å². The van der Waals surface area contributed by atoms with Crippen molar-refractivity contribution in [1.82, 2.24) is 4.90 Å². The van der Waals surface area contributed by atoms with E-state index >= 15 is 0 Å². The molecule has 1 saturated heterocycles. The van der Waals surface area contributed by atoms with Gasteiger partial charge in [-0.3, -0.25) is 0 Å². The van der Waals surface area contributed by atoms with Crippen molar-refractivity contribution in [3.05, 3.63) is 0 Å². The zero-order chi connectivity index (χ0) is 13.1. The van der Waals surface area contributed by atoms with Crippen LogP contribution in [0.25, 0.3) is 0 Å². The van der Waals surface area contributed by atoms with E-state index in [1.807, 2.05) is 20.8 Å². The lowest BCUT2D eigenvalue weighted by atomic mass is 9.98. The maximum absolute atomic E-state index is 11.8. The van der Waals surface area contributed by atoms with Crippen molar-refractivity contribution in [3.8, 4) is 0 Å². The van der Waals surface area contributed by atoms with Crippen molar-refractivity contribution in [3.63, 3.8) is 0 Å². The highest BCUT2D eigenvalue weighted by Gasteiger charge is 2.32. The van der Waals surface area contributed by atoms with Crippen molar-refractivity contribution >= 4 is 6.09 Å². The molecule has 0 aromatic heterocycles. The maximum Gasteiger partial charge on any atom is 0.410 e. The van der Waals surface area contributed by atoms with Gasteiger partial charge in [-0.1, -0.05) is 13.3 Å². The molecule has 1 aliphatic rings. The van der Waals surface area contributed by atoms with Crippen LogP contribution in [-0.4, -0.2) is 40.9 Å². The molecule has 1 heterocycles. The zero-order valence-electron chi connectivity index (χ0n) is 11.4. The molecule has 1 fully saturated rings. The van der Waals surface area contributed by atoms with Crippen LogP contribution in [0.15, 0.2) is 0 Å². The Labute approximate surface area is 104 Å². The summed E-state index contributed by atoms with van der Waals surface area (Å²) >= 11 is 0. The summed E-state index contributed by atoms with van der Waals surface area (Å²) in [5.41, 5.74) is -0.447. The van der Waals surface area contributed by atoms with Crippen molar-refractivity contribution in [1.29, 1.82) is 0 Å². The fourth-order valence-electron chi connectivity index (χ4n) is 2.13. The van der Waals surface area contributed by atoms with Crippen LogP contribution in [0.5, 0.6) is 0 Å². The lowest BCUT2D eigenvalue weighted by Gasteiger charge is -2.25. The highest BCUT2D eigenvalue weighted by molar-refractivity contribution is 5.68. The van der Waals surface area contributed by atoms with Gasteiger partial charge >= 0.3 is 6.09 Å². The second-order valence-electron chi connectivity index (χ2n) is 5.83. The fourth-order valence-corrected chi connectivity index (χ4v) is 2.13. The van der Waals surface area contributed by atoms with Crippen LogP contribution < -0.4 is 0 Å². The predicted molar refractivity (Wildman–Crippen MR) is 66.8 cm³/mol. The molecular weight excluding hydrogens is 218 g/mol. The Morgan fingerprint density at radius 2 is 2.18 bits per heavy atom. The standard InChI is InChI=1S/C13H25NO3/c1-5-6-11(15)10-7-8-14(9-10)12(16)17-13(2,3)4/h10-11,15H,5-9H2,1-4H3. The van der Waals surface area contributed by atoms with Crippen LogP contribution >= 0.6 is 0 Å².